The molecule has 1 aliphatic rings. The highest BCUT2D eigenvalue weighted by Gasteiger charge is 2.41. The minimum atomic E-state index is -4.97. The average molecular weight is 594 g/mol. The number of amides is 2. The summed E-state index contributed by atoms with van der Waals surface area (Å²) in [6.07, 6.45) is -8.69. The number of nitrogens with one attached hydrogen (secondary N) is 1. The first-order chi connectivity index (χ1) is 19.0. The number of likely N-dealkylation sites (tertiary alicyclic amines) is 1. The van der Waals surface area contributed by atoms with Gasteiger partial charge in [0.2, 0.25) is 0 Å². The molecular weight excluding hydrogens is 560 g/mol. The lowest BCUT2D eigenvalue weighted by atomic mass is 9.88. The van der Waals surface area contributed by atoms with Crippen LogP contribution in [-0.2, 0) is 34.7 Å². The van der Waals surface area contributed by atoms with Crippen molar-refractivity contribution in [3.05, 3.63) is 52.9 Å². The molecule has 3 rings (SSSR count). The van der Waals surface area contributed by atoms with Crippen molar-refractivity contribution in [2.45, 2.75) is 95.9 Å². The first-order valence-corrected chi connectivity index (χ1v) is 13.1. The van der Waals surface area contributed by atoms with Gasteiger partial charge in [0.15, 0.2) is 0 Å². The Balaban J connectivity index is 1.67. The number of ether oxygens (including phenoxy) is 2. The van der Waals surface area contributed by atoms with E-state index >= 15 is 0 Å². The van der Waals surface area contributed by atoms with E-state index in [1.54, 1.807) is 31.7 Å². The van der Waals surface area contributed by atoms with Crippen LogP contribution in [-0.4, -0.2) is 52.6 Å². The number of rotatable bonds is 7. The lowest BCUT2D eigenvalue weighted by Crippen LogP contribution is -2.58. The minimum Gasteiger partial charge on any atom is -0.449 e. The molecule has 2 heterocycles. The van der Waals surface area contributed by atoms with E-state index < -0.39 is 60.0 Å². The molecule has 1 aromatic heterocycles. The molecule has 1 N–H and O–H groups in total. The molecule has 1 aromatic carbocycles. The van der Waals surface area contributed by atoms with Crippen molar-refractivity contribution in [3.8, 4) is 0 Å². The van der Waals surface area contributed by atoms with Crippen LogP contribution in [0.2, 0.25) is 0 Å². The Hall–Kier alpha value is -3.45. The number of hydrogen-bond donors (Lipinski definition) is 1. The molecule has 41 heavy (non-hydrogen) atoms. The second-order valence-corrected chi connectivity index (χ2v) is 10.9. The van der Waals surface area contributed by atoms with E-state index in [0.717, 1.165) is 0 Å². The van der Waals surface area contributed by atoms with Crippen molar-refractivity contribution in [1.29, 1.82) is 0 Å². The zero-order valence-corrected chi connectivity index (χ0v) is 23.1. The number of carbonyl (C=O) groups excluding carboxylic acids is 2. The van der Waals surface area contributed by atoms with E-state index in [0.29, 0.717) is 43.5 Å². The summed E-state index contributed by atoms with van der Waals surface area (Å²) in [7, 11) is 0. The van der Waals surface area contributed by atoms with Crippen LogP contribution in [0.1, 0.15) is 69.3 Å². The maximum Gasteiger partial charge on any atom is 0.416 e. The van der Waals surface area contributed by atoms with Gasteiger partial charge < -0.3 is 24.2 Å². The summed E-state index contributed by atoms with van der Waals surface area (Å²) < 4.78 is 94.3. The van der Waals surface area contributed by atoms with Gasteiger partial charge in [-0.05, 0) is 63.8 Å². The summed E-state index contributed by atoms with van der Waals surface area (Å²) in [4.78, 5) is 27.3. The second-order valence-electron chi connectivity index (χ2n) is 10.9. The van der Waals surface area contributed by atoms with Gasteiger partial charge in [-0.1, -0.05) is 12.1 Å². The molecule has 2 aromatic rings. The van der Waals surface area contributed by atoms with Crippen molar-refractivity contribution < 1.29 is 49.9 Å². The van der Waals surface area contributed by atoms with Crippen molar-refractivity contribution in [2.24, 2.45) is 0 Å². The predicted molar refractivity (Wildman–Crippen MR) is 134 cm³/mol. The van der Waals surface area contributed by atoms with Gasteiger partial charge in [-0.25, -0.2) is 9.59 Å². The maximum absolute atomic E-state index is 13.1. The number of hydrogen-bond acceptors (Lipinski definition) is 6. The molecule has 2 amide bonds. The zero-order chi connectivity index (χ0) is 30.6. The van der Waals surface area contributed by atoms with Crippen LogP contribution in [0.5, 0.6) is 0 Å². The highest BCUT2D eigenvalue weighted by Crippen LogP contribution is 2.36. The lowest BCUT2D eigenvalue weighted by Gasteiger charge is -2.45. The van der Waals surface area contributed by atoms with Crippen LogP contribution < -0.4 is 5.32 Å². The number of carbonyl (C=O) groups is 2. The Morgan fingerprint density at radius 2 is 1.63 bits per heavy atom. The van der Waals surface area contributed by atoms with Gasteiger partial charge in [-0.15, -0.1) is 0 Å². The normalized spacial score (nSPS) is 20.0. The SMILES string of the molecule is CCC1CC(NC(=O)OCCc2cc(C(F)(F)F)cc(C(F)(F)F)c2)CC(Cc2ccon2)N1C(=O)OC(C)(C)C. The Labute approximate surface area is 233 Å². The molecule has 0 aliphatic carbocycles. The molecular formula is C27H33F6N3O5. The van der Waals surface area contributed by atoms with Crippen LogP contribution in [0.15, 0.2) is 35.1 Å². The standard InChI is InChI=1S/C27H33F6N3O5/c1-5-21-14-20(15-22(13-19-7-9-40-35-19)36(21)24(38)41-25(2,3)4)34-23(37)39-8-6-16-10-17(26(28,29)30)12-18(11-16)27(31,32)33/h7,9-12,20-22H,5-6,8,13-15H2,1-4H3,(H,34,37). The molecule has 228 valence electrons. The van der Waals surface area contributed by atoms with Gasteiger partial charge in [0, 0.05) is 37.0 Å². The number of piperidine rings is 1. The van der Waals surface area contributed by atoms with Gasteiger partial charge in [0.25, 0.3) is 0 Å². The third-order valence-electron chi connectivity index (χ3n) is 6.50. The van der Waals surface area contributed by atoms with Crippen molar-refractivity contribution >= 4 is 12.2 Å². The third-order valence-corrected chi connectivity index (χ3v) is 6.50. The van der Waals surface area contributed by atoms with Crippen LogP contribution in [0.3, 0.4) is 0 Å². The third kappa shape index (κ3) is 9.28. The highest BCUT2D eigenvalue weighted by molar-refractivity contribution is 5.70. The molecule has 0 bridgehead atoms. The fourth-order valence-corrected chi connectivity index (χ4v) is 4.77. The van der Waals surface area contributed by atoms with Crippen LogP contribution in [0.25, 0.3) is 0 Å². The first kappa shape index (κ1) is 32.1. The van der Waals surface area contributed by atoms with Gasteiger partial charge >= 0.3 is 24.5 Å². The number of aromatic nitrogens is 1. The topological polar surface area (TPSA) is 93.9 Å². The first-order valence-electron chi connectivity index (χ1n) is 13.1. The molecule has 3 atom stereocenters. The van der Waals surface area contributed by atoms with Crippen LogP contribution >= 0.6 is 0 Å². The average Bonchev–Trinajstić information content (AvgIpc) is 3.34. The number of alkyl halides is 6. The van der Waals surface area contributed by atoms with Crippen LogP contribution in [0, 0.1) is 0 Å². The summed E-state index contributed by atoms with van der Waals surface area (Å²) in [6.45, 7) is 6.71. The van der Waals surface area contributed by atoms with E-state index in [4.69, 9.17) is 14.0 Å². The quantitative estimate of drug-likeness (QED) is 0.356. The van der Waals surface area contributed by atoms with E-state index in [1.165, 1.54) is 6.26 Å². The summed E-state index contributed by atoms with van der Waals surface area (Å²) in [6, 6.07) is 1.76. The Morgan fingerprint density at radius 1 is 1.02 bits per heavy atom. The van der Waals surface area contributed by atoms with E-state index in [-0.39, 0.29) is 24.1 Å². The Kier molecular flexibility index (Phi) is 9.85. The summed E-state index contributed by atoms with van der Waals surface area (Å²) in [5.41, 5.74) is -3.28. The number of alkyl carbamates (subject to hydrolysis) is 1. The molecule has 1 saturated heterocycles. The number of benzene rings is 1. The Bertz CT molecular complexity index is 1150. The summed E-state index contributed by atoms with van der Waals surface area (Å²) >= 11 is 0. The largest absolute Gasteiger partial charge is 0.449 e. The predicted octanol–water partition coefficient (Wildman–Crippen LogP) is 6.77. The van der Waals surface area contributed by atoms with Gasteiger partial charge in [-0.2, -0.15) is 26.3 Å². The van der Waals surface area contributed by atoms with Crippen molar-refractivity contribution in [1.82, 2.24) is 15.4 Å². The van der Waals surface area contributed by atoms with E-state index in [9.17, 15) is 35.9 Å². The van der Waals surface area contributed by atoms with E-state index in [2.05, 4.69) is 10.5 Å². The lowest BCUT2D eigenvalue weighted by molar-refractivity contribution is -0.143. The summed E-state index contributed by atoms with van der Waals surface area (Å²) in [5, 5.41) is 6.64. The molecule has 3 unspecified atom stereocenters. The fraction of sp³-hybridized carbons (Fsp3) is 0.593. The van der Waals surface area contributed by atoms with Crippen LogP contribution in [0.4, 0.5) is 35.9 Å². The smallest absolute Gasteiger partial charge is 0.416 e. The maximum atomic E-state index is 13.1. The fourth-order valence-electron chi connectivity index (χ4n) is 4.77. The minimum absolute atomic E-state index is 0.0420. The van der Waals surface area contributed by atoms with Gasteiger partial charge in [-0.3, -0.25) is 0 Å². The molecule has 0 saturated carbocycles. The number of halogens is 6. The Morgan fingerprint density at radius 3 is 2.15 bits per heavy atom. The number of nitrogens with zero attached hydrogens (tertiary/aromatic N) is 2. The zero-order valence-electron chi connectivity index (χ0n) is 23.1. The molecule has 1 aliphatic heterocycles. The molecule has 8 nitrogen and oxygen atoms in total. The van der Waals surface area contributed by atoms with Gasteiger partial charge in [0.05, 0.1) is 23.4 Å². The monoisotopic (exact) mass is 593 g/mol. The highest BCUT2D eigenvalue weighted by atomic mass is 19.4. The van der Waals surface area contributed by atoms with E-state index in [1.807, 2.05) is 6.92 Å². The van der Waals surface area contributed by atoms with Gasteiger partial charge in [0.1, 0.15) is 11.9 Å². The molecule has 0 radical (unpaired) electrons. The van der Waals surface area contributed by atoms with Crippen molar-refractivity contribution in [2.75, 3.05) is 6.61 Å². The summed E-state index contributed by atoms with van der Waals surface area (Å²) in [5.74, 6) is 0. The second kappa shape index (κ2) is 12.6. The molecule has 1 fully saturated rings. The molecule has 0 spiro atoms. The van der Waals surface area contributed by atoms with Crippen molar-refractivity contribution in [3.63, 3.8) is 0 Å². The molecule has 14 heteroatoms.